The lowest BCUT2D eigenvalue weighted by Gasteiger charge is -2.25. The molecule has 1 saturated heterocycles. The quantitative estimate of drug-likeness (QED) is 0.606. The van der Waals surface area contributed by atoms with E-state index in [0.717, 1.165) is 12.3 Å². The molecule has 1 aliphatic heterocycles. The van der Waals surface area contributed by atoms with Gasteiger partial charge in [0.1, 0.15) is 0 Å². The molecule has 0 radical (unpaired) electrons. The predicted octanol–water partition coefficient (Wildman–Crippen LogP) is 0.466. The molecular formula is C6H11NO2S. The molecule has 1 rings (SSSR count). The van der Waals surface area contributed by atoms with Crippen LogP contribution in [0.4, 0.5) is 0 Å². The lowest BCUT2D eigenvalue weighted by molar-refractivity contribution is -0.143. The molecule has 0 bridgehead atoms. The fourth-order valence-corrected chi connectivity index (χ4v) is 2.13. The molecular weight excluding hydrogens is 150 g/mol. The summed E-state index contributed by atoms with van der Waals surface area (Å²) in [5.41, 5.74) is 0. The van der Waals surface area contributed by atoms with E-state index in [4.69, 9.17) is 5.11 Å². The second-order valence-corrected chi connectivity index (χ2v) is 4.05. The summed E-state index contributed by atoms with van der Waals surface area (Å²) in [7, 11) is 1.84. The molecule has 1 unspecified atom stereocenters. The topological polar surface area (TPSA) is 40.5 Å². The van der Waals surface area contributed by atoms with Gasteiger partial charge in [-0.25, -0.2) is 4.79 Å². The summed E-state index contributed by atoms with van der Waals surface area (Å²) in [5, 5.41) is 8.78. The first kappa shape index (κ1) is 7.88. The molecule has 1 aliphatic rings. The van der Waals surface area contributed by atoms with Crippen molar-refractivity contribution in [3.63, 3.8) is 0 Å². The summed E-state index contributed by atoms with van der Waals surface area (Å²) in [5.74, 6) is 0.178. The molecule has 0 aromatic rings. The fourth-order valence-electron chi connectivity index (χ4n) is 0.930. The maximum atomic E-state index is 10.7. The van der Waals surface area contributed by atoms with Crippen molar-refractivity contribution >= 4 is 17.7 Å². The lowest BCUT2D eigenvalue weighted by Crippen LogP contribution is -2.43. The first-order chi connectivity index (χ1) is 4.57. The van der Waals surface area contributed by atoms with E-state index in [-0.39, 0.29) is 0 Å². The van der Waals surface area contributed by atoms with Crippen molar-refractivity contribution in [1.29, 1.82) is 0 Å². The maximum absolute atomic E-state index is 10.7. The number of thioether (sulfide) groups is 1. The van der Waals surface area contributed by atoms with Crippen molar-refractivity contribution in [3.05, 3.63) is 0 Å². The molecule has 1 N–H and O–H groups in total. The van der Waals surface area contributed by atoms with Crippen LogP contribution in [0.25, 0.3) is 0 Å². The Bertz CT molecular complexity index is 162. The van der Waals surface area contributed by atoms with Crippen molar-refractivity contribution in [2.45, 2.75) is 11.8 Å². The van der Waals surface area contributed by atoms with Gasteiger partial charge in [-0.05, 0) is 14.0 Å². The molecule has 0 spiro atoms. The van der Waals surface area contributed by atoms with Crippen molar-refractivity contribution in [3.8, 4) is 0 Å². The summed E-state index contributed by atoms with van der Waals surface area (Å²) in [6.07, 6.45) is 0. The zero-order valence-corrected chi connectivity index (χ0v) is 6.94. The Morgan fingerprint density at radius 2 is 2.40 bits per heavy atom. The van der Waals surface area contributed by atoms with Gasteiger partial charge in [-0.1, -0.05) is 0 Å². The highest BCUT2D eigenvalue weighted by atomic mass is 32.2. The van der Waals surface area contributed by atoms with Crippen LogP contribution in [0.2, 0.25) is 0 Å². The van der Waals surface area contributed by atoms with Crippen molar-refractivity contribution in [2.75, 3.05) is 19.3 Å². The van der Waals surface area contributed by atoms with Gasteiger partial charge in [-0.3, -0.25) is 4.90 Å². The molecule has 0 aliphatic carbocycles. The van der Waals surface area contributed by atoms with Crippen LogP contribution in [0.1, 0.15) is 6.92 Å². The third-order valence-electron chi connectivity index (χ3n) is 1.94. The zero-order valence-electron chi connectivity index (χ0n) is 6.13. The van der Waals surface area contributed by atoms with Gasteiger partial charge in [-0.2, -0.15) is 0 Å². The van der Waals surface area contributed by atoms with Crippen LogP contribution in [0.5, 0.6) is 0 Å². The van der Waals surface area contributed by atoms with E-state index in [1.807, 2.05) is 11.9 Å². The van der Waals surface area contributed by atoms with Gasteiger partial charge in [0, 0.05) is 12.3 Å². The van der Waals surface area contributed by atoms with Gasteiger partial charge in [0.05, 0.1) is 0 Å². The van der Waals surface area contributed by atoms with Crippen LogP contribution >= 0.6 is 11.8 Å². The van der Waals surface area contributed by atoms with Crippen LogP contribution in [0, 0.1) is 0 Å². The van der Waals surface area contributed by atoms with E-state index in [2.05, 4.69) is 0 Å². The molecule has 4 heteroatoms. The molecule has 0 aromatic heterocycles. The van der Waals surface area contributed by atoms with Crippen molar-refractivity contribution in [1.82, 2.24) is 4.90 Å². The number of carboxylic acid groups (broad SMARTS) is 1. The minimum atomic E-state index is -0.738. The highest BCUT2D eigenvalue weighted by molar-refractivity contribution is 8.01. The van der Waals surface area contributed by atoms with E-state index < -0.39 is 10.8 Å². The van der Waals surface area contributed by atoms with Gasteiger partial charge < -0.3 is 5.11 Å². The molecule has 3 nitrogen and oxygen atoms in total. The van der Waals surface area contributed by atoms with Crippen LogP contribution in [-0.2, 0) is 4.79 Å². The monoisotopic (exact) mass is 161 g/mol. The highest BCUT2D eigenvalue weighted by Gasteiger charge is 2.41. The van der Waals surface area contributed by atoms with E-state index in [1.54, 1.807) is 6.92 Å². The third kappa shape index (κ3) is 1.01. The molecule has 0 aromatic carbocycles. The van der Waals surface area contributed by atoms with E-state index in [9.17, 15) is 4.79 Å². The number of aliphatic carboxylic acids is 1. The lowest BCUT2D eigenvalue weighted by atomic mass is 10.3. The molecule has 1 atom stereocenters. The average Bonchev–Trinajstić information content (AvgIpc) is 2.15. The Kier molecular flexibility index (Phi) is 1.92. The van der Waals surface area contributed by atoms with Crippen LogP contribution in [-0.4, -0.2) is 40.2 Å². The third-order valence-corrected chi connectivity index (χ3v) is 3.37. The number of hydrogen-bond acceptors (Lipinski definition) is 3. The second-order valence-electron chi connectivity index (χ2n) is 2.56. The summed E-state index contributed by atoms with van der Waals surface area (Å²) in [6.45, 7) is 2.61. The number of carboxylic acids is 1. The van der Waals surface area contributed by atoms with Gasteiger partial charge in [0.15, 0.2) is 4.87 Å². The Hall–Kier alpha value is -0.220. The summed E-state index contributed by atoms with van der Waals surface area (Å²) >= 11 is 1.49. The summed E-state index contributed by atoms with van der Waals surface area (Å²) < 4.78 is 0. The minimum absolute atomic E-state index is 0.681. The van der Waals surface area contributed by atoms with Crippen molar-refractivity contribution in [2.24, 2.45) is 0 Å². The molecule has 10 heavy (non-hydrogen) atoms. The smallest absolute Gasteiger partial charge is 0.334 e. The Labute approximate surface area is 64.4 Å². The van der Waals surface area contributed by atoms with Gasteiger partial charge in [0.25, 0.3) is 0 Å². The van der Waals surface area contributed by atoms with Gasteiger partial charge >= 0.3 is 5.97 Å². The van der Waals surface area contributed by atoms with E-state index in [1.165, 1.54) is 11.8 Å². The number of rotatable bonds is 1. The number of carbonyl (C=O) groups is 1. The van der Waals surface area contributed by atoms with Gasteiger partial charge in [-0.15, -0.1) is 11.8 Å². The first-order valence-electron chi connectivity index (χ1n) is 3.16. The molecule has 58 valence electrons. The number of nitrogens with zero attached hydrogens (tertiary/aromatic N) is 1. The SMILES string of the molecule is CN1CCSC1(C)C(=O)O. The molecule has 1 fully saturated rings. The maximum Gasteiger partial charge on any atom is 0.334 e. The van der Waals surface area contributed by atoms with Crippen LogP contribution < -0.4 is 0 Å². The first-order valence-corrected chi connectivity index (χ1v) is 4.14. The summed E-state index contributed by atoms with van der Waals surface area (Å²) in [6, 6.07) is 0. The van der Waals surface area contributed by atoms with Gasteiger partial charge in [0.2, 0.25) is 0 Å². The number of likely N-dealkylation sites (N-methyl/N-ethyl adjacent to an activating group) is 1. The van der Waals surface area contributed by atoms with Crippen LogP contribution in [0.15, 0.2) is 0 Å². The zero-order chi connectivity index (χ0) is 7.78. The molecule has 0 amide bonds. The molecule has 0 saturated carbocycles. The summed E-state index contributed by atoms with van der Waals surface area (Å²) in [4.78, 5) is 11.9. The predicted molar refractivity (Wildman–Crippen MR) is 41.1 cm³/mol. The Morgan fingerprint density at radius 1 is 1.80 bits per heavy atom. The fraction of sp³-hybridized carbons (Fsp3) is 0.833. The normalized spacial score (nSPS) is 34.6. The molecule has 1 heterocycles. The largest absolute Gasteiger partial charge is 0.479 e. The van der Waals surface area contributed by atoms with Crippen molar-refractivity contribution < 1.29 is 9.90 Å². The number of hydrogen-bond donors (Lipinski definition) is 1. The Morgan fingerprint density at radius 3 is 2.60 bits per heavy atom. The Balaban J connectivity index is 2.75. The average molecular weight is 161 g/mol. The van der Waals surface area contributed by atoms with Crippen LogP contribution in [0.3, 0.4) is 0 Å². The standard InChI is InChI=1S/C6H11NO2S/c1-6(5(8)9)7(2)3-4-10-6/h3-4H2,1-2H3,(H,8,9). The van der Waals surface area contributed by atoms with E-state index in [0.29, 0.717) is 0 Å². The second kappa shape index (κ2) is 2.43. The minimum Gasteiger partial charge on any atom is -0.479 e. The highest BCUT2D eigenvalue weighted by Crippen LogP contribution is 2.33. The van der Waals surface area contributed by atoms with E-state index >= 15 is 0 Å².